The molecule has 0 amide bonds. The molecule has 0 saturated carbocycles. The minimum Gasteiger partial charge on any atom is -0.310 e. The van der Waals surface area contributed by atoms with Gasteiger partial charge in [-0.25, -0.2) is 0 Å². The average Bonchev–Trinajstić information content (AvgIpc) is 3.52. The lowest BCUT2D eigenvalue weighted by molar-refractivity contribution is 0.837. The molecule has 0 fully saturated rings. The van der Waals surface area contributed by atoms with E-state index in [-0.39, 0.29) is 0 Å². The summed E-state index contributed by atoms with van der Waals surface area (Å²) >= 11 is 0. The highest BCUT2D eigenvalue weighted by atomic mass is 15.1. The number of para-hydroxylation sites is 1. The predicted molar refractivity (Wildman–Crippen MR) is 218 cm³/mol. The van der Waals surface area contributed by atoms with Crippen LogP contribution in [0, 0.1) is 11.8 Å². The van der Waals surface area contributed by atoms with Gasteiger partial charge in [-0.3, -0.25) is 0 Å². The summed E-state index contributed by atoms with van der Waals surface area (Å²) in [5, 5.41) is 0. The van der Waals surface area contributed by atoms with E-state index in [4.69, 9.17) is 0 Å². The molecule has 9 rings (SSSR count). The second-order valence-corrected chi connectivity index (χ2v) is 13.4. The molecule has 7 aromatic rings. The van der Waals surface area contributed by atoms with Crippen LogP contribution in [-0.2, 0) is 5.41 Å². The quantitative estimate of drug-likeness (QED) is 0.160. The average molecular weight is 664 g/mol. The van der Waals surface area contributed by atoms with E-state index in [2.05, 4.69) is 211 Å². The van der Waals surface area contributed by atoms with Gasteiger partial charge in [0.15, 0.2) is 0 Å². The molecule has 0 bridgehead atoms. The van der Waals surface area contributed by atoms with Crippen LogP contribution in [0.4, 0.5) is 17.1 Å². The van der Waals surface area contributed by atoms with E-state index in [1.54, 1.807) is 0 Å². The predicted octanol–water partition coefficient (Wildman–Crippen LogP) is 12.9. The molecule has 1 heteroatoms. The molecule has 0 aromatic heterocycles. The van der Waals surface area contributed by atoms with E-state index >= 15 is 0 Å². The fourth-order valence-corrected chi connectivity index (χ4v) is 7.93. The van der Waals surface area contributed by atoms with Crippen molar-refractivity contribution in [1.29, 1.82) is 0 Å². The van der Waals surface area contributed by atoms with E-state index in [1.165, 1.54) is 50.1 Å². The number of anilines is 3. The van der Waals surface area contributed by atoms with E-state index < -0.39 is 5.41 Å². The number of allylic oxidation sites excluding steroid dienone is 4. The van der Waals surface area contributed by atoms with Crippen molar-refractivity contribution in [2.24, 2.45) is 0 Å². The zero-order chi connectivity index (χ0) is 34.7. The molecule has 0 spiro atoms. The van der Waals surface area contributed by atoms with E-state index in [0.717, 1.165) is 35.5 Å². The normalized spacial score (nSPS) is 15.5. The fourth-order valence-electron chi connectivity index (χ4n) is 7.93. The lowest BCUT2D eigenvalue weighted by Crippen LogP contribution is -2.25. The van der Waals surface area contributed by atoms with Gasteiger partial charge in [0.25, 0.3) is 0 Å². The van der Waals surface area contributed by atoms with Gasteiger partial charge in [-0.15, -0.1) is 0 Å². The van der Waals surface area contributed by atoms with Crippen LogP contribution in [-0.4, -0.2) is 0 Å². The molecular formula is C51H37N. The van der Waals surface area contributed by atoms with Crippen molar-refractivity contribution in [2.75, 3.05) is 4.90 Å². The summed E-state index contributed by atoms with van der Waals surface area (Å²) in [6.45, 7) is 0. The minimum atomic E-state index is -0.627. The Morgan fingerprint density at radius 3 is 1.88 bits per heavy atom. The number of nitrogens with zero attached hydrogens (tertiary/aromatic N) is 1. The van der Waals surface area contributed by atoms with Gasteiger partial charge >= 0.3 is 0 Å². The van der Waals surface area contributed by atoms with E-state index in [0.29, 0.717) is 0 Å². The van der Waals surface area contributed by atoms with Gasteiger partial charge in [-0.1, -0.05) is 170 Å². The van der Waals surface area contributed by atoms with E-state index in [1.807, 2.05) is 6.07 Å². The van der Waals surface area contributed by atoms with Gasteiger partial charge in [0.05, 0.1) is 5.69 Å². The first-order valence-corrected chi connectivity index (χ1v) is 18.1. The summed E-state index contributed by atoms with van der Waals surface area (Å²) in [4.78, 5) is 2.42. The molecule has 7 aromatic carbocycles. The van der Waals surface area contributed by atoms with Crippen molar-refractivity contribution in [3.8, 4) is 34.1 Å². The van der Waals surface area contributed by atoms with Crippen LogP contribution in [0.3, 0.4) is 0 Å². The summed E-state index contributed by atoms with van der Waals surface area (Å²) in [7, 11) is 0. The lowest BCUT2D eigenvalue weighted by Gasteiger charge is -2.30. The first-order chi connectivity index (χ1) is 25.8. The Kier molecular flexibility index (Phi) is 8.20. The fraction of sp³-hybridized carbons (Fsp3) is 0.0588. The van der Waals surface area contributed by atoms with E-state index in [9.17, 15) is 0 Å². The third-order valence-electron chi connectivity index (χ3n) is 10.4. The van der Waals surface area contributed by atoms with Gasteiger partial charge in [0, 0.05) is 22.5 Å². The number of fused-ring (bicyclic) bond motifs is 3. The molecular weight excluding hydrogens is 627 g/mol. The molecule has 1 nitrogen and oxygen atoms in total. The highest BCUT2D eigenvalue weighted by Crippen LogP contribution is 2.54. The Hall–Kier alpha value is -6.62. The van der Waals surface area contributed by atoms with Gasteiger partial charge in [0.2, 0.25) is 0 Å². The molecule has 52 heavy (non-hydrogen) atoms. The number of hydrogen-bond donors (Lipinski definition) is 0. The highest BCUT2D eigenvalue weighted by molar-refractivity contribution is 5.93. The summed E-state index contributed by atoms with van der Waals surface area (Å²) in [6.07, 6.45) is 8.82. The van der Waals surface area contributed by atoms with Crippen molar-refractivity contribution in [3.63, 3.8) is 0 Å². The van der Waals surface area contributed by atoms with Crippen molar-refractivity contribution >= 4 is 22.6 Å². The van der Waals surface area contributed by atoms with Gasteiger partial charge in [-0.2, -0.15) is 0 Å². The Labute approximate surface area is 306 Å². The minimum absolute atomic E-state index is 0.627. The molecule has 1 atom stereocenters. The molecule has 0 N–H and O–H groups in total. The number of benzene rings is 7. The third kappa shape index (κ3) is 5.56. The Bertz CT molecular complexity index is 2500. The van der Waals surface area contributed by atoms with Gasteiger partial charge < -0.3 is 4.90 Å². The molecule has 2 aliphatic rings. The van der Waals surface area contributed by atoms with Crippen molar-refractivity contribution in [2.45, 2.75) is 18.3 Å². The molecule has 246 valence electrons. The summed E-state index contributed by atoms with van der Waals surface area (Å²) < 4.78 is 0. The van der Waals surface area contributed by atoms with Crippen LogP contribution in [0.5, 0.6) is 0 Å². The second-order valence-electron chi connectivity index (χ2n) is 13.4. The van der Waals surface area contributed by atoms with Gasteiger partial charge in [-0.05, 0) is 99.8 Å². The molecule has 1 unspecified atom stereocenters. The number of hydrogen-bond acceptors (Lipinski definition) is 1. The smallest absolute Gasteiger partial charge is 0.108 e. The topological polar surface area (TPSA) is 3.24 Å². The van der Waals surface area contributed by atoms with Crippen LogP contribution in [0.15, 0.2) is 200 Å². The lowest BCUT2D eigenvalue weighted by atomic mass is 9.73. The van der Waals surface area contributed by atoms with Crippen LogP contribution < -0.4 is 4.90 Å². The SMILES string of the molecule is C(#CC1(c2ccccc2)c2ccccc2-c2cc(N(c3ccc(C4=CC=CCC4)cc3)c3ccccc3-c3ccccc3)ccc21)c1ccccc1. The molecule has 0 radical (unpaired) electrons. The van der Waals surface area contributed by atoms with Crippen LogP contribution in [0.1, 0.15) is 40.7 Å². The van der Waals surface area contributed by atoms with Crippen molar-refractivity contribution < 1.29 is 0 Å². The second kappa shape index (κ2) is 13.6. The zero-order valence-corrected chi connectivity index (χ0v) is 28.9. The largest absolute Gasteiger partial charge is 0.310 e. The first-order valence-electron chi connectivity index (χ1n) is 18.1. The Morgan fingerprint density at radius 1 is 0.500 bits per heavy atom. The summed E-state index contributed by atoms with van der Waals surface area (Å²) in [5.74, 6) is 7.43. The van der Waals surface area contributed by atoms with Crippen LogP contribution in [0.2, 0.25) is 0 Å². The van der Waals surface area contributed by atoms with Crippen molar-refractivity contribution in [1.82, 2.24) is 0 Å². The molecule has 0 saturated heterocycles. The first kappa shape index (κ1) is 31.4. The zero-order valence-electron chi connectivity index (χ0n) is 28.9. The van der Waals surface area contributed by atoms with Gasteiger partial charge in [0.1, 0.15) is 5.41 Å². The van der Waals surface area contributed by atoms with Crippen LogP contribution >= 0.6 is 0 Å². The maximum absolute atomic E-state index is 3.85. The van der Waals surface area contributed by atoms with Crippen LogP contribution in [0.25, 0.3) is 27.8 Å². The Morgan fingerprint density at radius 2 is 1.13 bits per heavy atom. The highest BCUT2D eigenvalue weighted by Gasteiger charge is 2.44. The molecule has 0 aliphatic heterocycles. The maximum atomic E-state index is 3.85. The standard InChI is InChI=1S/C51H37N/c1-5-17-38(18-6-1)35-36-51(42-23-11-4-12-24-42)48-27-15-13-26-46(48)47-37-44(33-34-49(47)51)52(43-31-29-40(30-32-43)39-19-7-2-8-20-39)50-28-16-14-25-45(50)41-21-9-3-10-22-41/h1-7,9-19,21-34,37H,8,20H2. The van der Waals surface area contributed by atoms with Crippen molar-refractivity contribution in [3.05, 3.63) is 228 Å². The summed E-state index contributed by atoms with van der Waals surface area (Å²) in [5.41, 5.74) is 14.8. The monoisotopic (exact) mass is 663 g/mol. The number of rotatable bonds is 6. The summed E-state index contributed by atoms with van der Waals surface area (Å²) in [6, 6.07) is 65.5. The maximum Gasteiger partial charge on any atom is 0.108 e. The molecule has 0 heterocycles. The Balaban J connectivity index is 1.26. The third-order valence-corrected chi connectivity index (χ3v) is 10.4. The molecule has 2 aliphatic carbocycles.